The number of ether oxygens (including phenoxy) is 2. The second-order valence-corrected chi connectivity index (χ2v) is 16.3. The van der Waals surface area contributed by atoms with Crippen molar-refractivity contribution in [3.05, 3.63) is 12.2 Å². The van der Waals surface area contributed by atoms with Gasteiger partial charge in [0, 0.05) is 12.8 Å². The number of hydrogen-bond donors (Lipinski definition) is 2. The Morgan fingerprint density at radius 1 is 0.481 bits per heavy atom. The number of hydrogen-bond acceptors (Lipinski definition) is 6. The Morgan fingerprint density at radius 3 is 1.19 bits per heavy atom. The number of phosphoric acid groups is 1. The van der Waals surface area contributed by atoms with Gasteiger partial charge in [-0.2, -0.15) is 0 Å². The van der Waals surface area contributed by atoms with Crippen LogP contribution in [-0.4, -0.2) is 41.0 Å². The van der Waals surface area contributed by atoms with Gasteiger partial charge in [-0.05, 0) is 38.5 Å². The predicted octanol–water partition coefficient (Wildman–Crippen LogP) is 13.4. The lowest BCUT2D eigenvalue weighted by Crippen LogP contribution is -2.29. The average molecular weight is 759 g/mol. The van der Waals surface area contributed by atoms with Gasteiger partial charge >= 0.3 is 19.8 Å². The second-order valence-electron chi connectivity index (χ2n) is 15.0. The van der Waals surface area contributed by atoms with E-state index >= 15 is 0 Å². The van der Waals surface area contributed by atoms with Gasteiger partial charge in [0.15, 0.2) is 6.10 Å². The normalized spacial score (nSPS) is 12.5. The van der Waals surface area contributed by atoms with Gasteiger partial charge in [0.1, 0.15) is 6.61 Å². The van der Waals surface area contributed by atoms with Crippen molar-refractivity contribution < 1.29 is 37.9 Å². The van der Waals surface area contributed by atoms with E-state index in [2.05, 4.69) is 30.5 Å². The third-order valence-electron chi connectivity index (χ3n) is 9.78. The zero-order chi connectivity index (χ0) is 38.2. The number of phosphoric ester groups is 1. The van der Waals surface area contributed by atoms with Crippen LogP contribution in [0.3, 0.4) is 0 Å². The maximum atomic E-state index is 12.4. The average Bonchev–Trinajstić information content (AvgIpc) is 3.11. The van der Waals surface area contributed by atoms with Gasteiger partial charge in [-0.3, -0.25) is 14.1 Å². The van der Waals surface area contributed by atoms with Crippen LogP contribution in [0.25, 0.3) is 0 Å². The molecule has 0 amide bonds. The van der Waals surface area contributed by atoms with E-state index in [9.17, 15) is 14.2 Å². The Bertz CT molecular complexity index is 858. The van der Waals surface area contributed by atoms with E-state index in [0.29, 0.717) is 6.42 Å². The highest BCUT2D eigenvalue weighted by atomic mass is 31.2. The minimum atomic E-state index is -4.75. The Hall–Kier alpha value is -1.21. The van der Waals surface area contributed by atoms with Crippen LogP contribution in [0.2, 0.25) is 0 Å². The first kappa shape index (κ1) is 50.8. The molecule has 0 rings (SSSR count). The van der Waals surface area contributed by atoms with Gasteiger partial charge < -0.3 is 19.3 Å². The molecule has 0 saturated carbocycles. The summed E-state index contributed by atoms with van der Waals surface area (Å²) in [5.74, 6) is -0.891. The Labute approximate surface area is 320 Å². The number of carbonyl (C=O) groups excluding carboxylic acids is 2. The van der Waals surface area contributed by atoms with Crippen LogP contribution in [-0.2, 0) is 28.2 Å². The fourth-order valence-electron chi connectivity index (χ4n) is 6.49. The third kappa shape index (κ3) is 41.5. The lowest BCUT2D eigenvalue weighted by molar-refractivity contribution is -0.161. The largest absolute Gasteiger partial charge is 0.469 e. The summed E-state index contributed by atoms with van der Waals surface area (Å²) >= 11 is 0. The van der Waals surface area contributed by atoms with Crippen LogP contribution >= 0.6 is 7.82 Å². The van der Waals surface area contributed by atoms with Gasteiger partial charge in [0.2, 0.25) is 0 Å². The standard InChI is InChI=1S/C43H83O8P/c1-3-5-7-9-11-13-15-17-18-19-20-21-22-23-24-26-27-29-31-33-35-37-42(44)49-39-41(40-50-52(46,47)48)51-43(45)38-36-34-32-30-28-25-16-14-12-10-8-6-4-2/h25,28,41H,3-24,26-27,29-40H2,1-2H3,(H2,46,47,48)/b28-25+/t41-/m1/s1. The van der Waals surface area contributed by atoms with Crippen molar-refractivity contribution in [3.63, 3.8) is 0 Å². The maximum Gasteiger partial charge on any atom is 0.469 e. The smallest absolute Gasteiger partial charge is 0.462 e. The molecule has 0 aromatic heterocycles. The monoisotopic (exact) mass is 759 g/mol. The van der Waals surface area contributed by atoms with E-state index in [4.69, 9.17) is 19.3 Å². The highest BCUT2D eigenvalue weighted by Gasteiger charge is 2.22. The summed E-state index contributed by atoms with van der Waals surface area (Å²) in [5.41, 5.74) is 0. The van der Waals surface area contributed by atoms with Gasteiger partial charge in [0.05, 0.1) is 6.61 Å². The first-order valence-electron chi connectivity index (χ1n) is 22.0. The number of carbonyl (C=O) groups is 2. The predicted molar refractivity (Wildman–Crippen MR) is 216 cm³/mol. The van der Waals surface area contributed by atoms with Crippen molar-refractivity contribution in [1.82, 2.24) is 0 Å². The zero-order valence-corrected chi connectivity index (χ0v) is 34.9. The number of esters is 2. The number of unbranched alkanes of at least 4 members (excludes halogenated alkanes) is 29. The van der Waals surface area contributed by atoms with E-state index in [1.54, 1.807) is 0 Å². The first-order chi connectivity index (χ1) is 25.3. The van der Waals surface area contributed by atoms with Crippen molar-refractivity contribution in [2.24, 2.45) is 0 Å². The molecular weight excluding hydrogens is 675 g/mol. The molecule has 0 saturated heterocycles. The first-order valence-corrected chi connectivity index (χ1v) is 23.5. The van der Waals surface area contributed by atoms with E-state index in [-0.39, 0.29) is 19.4 Å². The summed E-state index contributed by atoms with van der Waals surface area (Å²) in [6, 6.07) is 0. The maximum absolute atomic E-state index is 12.4. The lowest BCUT2D eigenvalue weighted by atomic mass is 10.0. The molecule has 0 fully saturated rings. The van der Waals surface area contributed by atoms with Gasteiger partial charge in [-0.15, -0.1) is 0 Å². The van der Waals surface area contributed by atoms with Crippen LogP contribution in [0, 0.1) is 0 Å². The summed E-state index contributed by atoms with van der Waals surface area (Å²) in [7, 11) is -4.75. The van der Waals surface area contributed by atoms with Crippen LogP contribution < -0.4 is 0 Å². The van der Waals surface area contributed by atoms with Crippen molar-refractivity contribution in [2.45, 2.75) is 238 Å². The van der Waals surface area contributed by atoms with Crippen LogP contribution in [0.15, 0.2) is 12.2 Å². The molecule has 0 radical (unpaired) electrons. The summed E-state index contributed by atoms with van der Waals surface area (Å²) in [6.45, 7) is 3.69. The SMILES string of the molecule is CCCCCCCC/C=C/CCCCCC(=O)O[C@H](COC(=O)CCCCCCCCCCCCCCCCCCCCCCC)COP(=O)(O)O. The Balaban J connectivity index is 3.82. The zero-order valence-electron chi connectivity index (χ0n) is 34.0. The van der Waals surface area contributed by atoms with Crippen LogP contribution in [0.1, 0.15) is 232 Å². The second kappa shape index (κ2) is 39.5. The fourth-order valence-corrected chi connectivity index (χ4v) is 6.85. The van der Waals surface area contributed by atoms with Crippen molar-refractivity contribution in [1.29, 1.82) is 0 Å². The molecule has 0 aliphatic heterocycles. The molecular formula is C43H83O8P. The van der Waals surface area contributed by atoms with E-state index < -0.39 is 32.5 Å². The third-order valence-corrected chi connectivity index (χ3v) is 10.3. The lowest BCUT2D eigenvalue weighted by Gasteiger charge is -2.18. The molecule has 0 aromatic rings. The van der Waals surface area contributed by atoms with E-state index in [1.165, 1.54) is 154 Å². The Kier molecular flexibility index (Phi) is 38.6. The molecule has 0 aliphatic carbocycles. The molecule has 9 heteroatoms. The Morgan fingerprint density at radius 2 is 0.808 bits per heavy atom. The molecule has 0 heterocycles. The van der Waals surface area contributed by atoms with Crippen molar-refractivity contribution in [2.75, 3.05) is 13.2 Å². The molecule has 1 atom stereocenters. The molecule has 0 aliphatic rings. The fraction of sp³-hybridized carbons (Fsp3) is 0.907. The van der Waals surface area contributed by atoms with E-state index in [0.717, 1.165) is 44.9 Å². The summed E-state index contributed by atoms with van der Waals surface area (Å²) in [6.07, 6.45) is 43.7. The minimum Gasteiger partial charge on any atom is -0.462 e. The molecule has 52 heavy (non-hydrogen) atoms. The molecule has 308 valence electrons. The van der Waals surface area contributed by atoms with Crippen LogP contribution in [0.4, 0.5) is 0 Å². The van der Waals surface area contributed by atoms with Gasteiger partial charge in [0.25, 0.3) is 0 Å². The van der Waals surface area contributed by atoms with Gasteiger partial charge in [-0.25, -0.2) is 4.57 Å². The molecule has 2 N–H and O–H groups in total. The highest BCUT2D eigenvalue weighted by molar-refractivity contribution is 7.46. The quantitative estimate of drug-likeness (QED) is 0.0274. The molecule has 0 spiro atoms. The summed E-state index contributed by atoms with van der Waals surface area (Å²) in [4.78, 5) is 42.8. The van der Waals surface area contributed by atoms with Crippen molar-refractivity contribution in [3.8, 4) is 0 Å². The van der Waals surface area contributed by atoms with Gasteiger partial charge in [-0.1, -0.05) is 193 Å². The molecule has 0 aromatic carbocycles. The highest BCUT2D eigenvalue weighted by Crippen LogP contribution is 2.36. The molecule has 8 nitrogen and oxygen atoms in total. The summed E-state index contributed by atoms with van der Waals surface area (Å²) < 4.78 is 26.4. The topological polar surface area (TPSA) is 119 Å². The van der Waals surface area contributed by atoms with E-state index in [1.807, 2.05) is 0 Å². The summed E-state index contributed by atoms with van der Waals surface area (Å²) in [5, 5.41) is 0. The molecule has 0 unspecified atom stereocenters. The van der Waals surface area contributed by atoms with Crippen LogP contribution in [0.5, 0.6) is 0 Å². The number of allylic oxidation sites excluding steroid dienone is 2. The minimum absolute atomic E-state index is 0.196. The number of rotatable bonds is 41. The molecule has 0 bridgehead atoms. The van der Waals surface area contributed by atoms with Crippen molar-refractivity contribution >= 4 is 19.8 Å².